The number of hydrogen-bond acceptors (Lipinski definition) is 8. The number of amides is 1. The molecule has 0 radical (unpaired) electrons. The fourth-order valence-corrected chi connectivity index (χ4v) is 7.40. The molecule has 0 saturated heterocycles. The largest absolute Gasteiger partial charge is 0.510 e. The first-order chi connectivity index (χ1) is 18.8. The summed E-state index contributed by atoms with van der Waals surface area (Å²) < 4.78 is 0. The number of aliphatic hydroxyl groups is 3. The second kappa shape index (κ2) is 9.76. The first kappa shape index (κ1) is 27.9. The van der Waals surface area contributed by atoms with Gasteiger partial charge in [0.05, 0.1) is 23.1 Å². The number of carbonyl (C=O) groups is 2. The summed E-state index contributed by atoms with van der Waals surface area (Å²) in [6, 6.07) is 10.6. The molecule has 9 nitrogen and oxygen atoms in total. The van der Waals surface area contributed by atoms with Gasteiger partial charge in [-0.2, -0.15) is 0 Å². The molecule has 1 fully saturated rings. The van der Waals surface area contributed by atoms with E-state index in [0.29, 0.717) is 19.4 Å². The Morgan fingerprint density at radius 1 is 1.05 bits per heavy atom. The van der Waals surface area contributed by atoms with Crippen LogP contribution in [0.25, 0.3) is 16.9 Å². The fraction of sp³-hybridized carbons (Fsp3) is 0.419. The number of likely N-dealkylation sites (N-methyl/N-ethyl adjacent to an activating group) is 1. The second-order valence-corrected chi connectivity index (χ2v) is 12.0. The van der Waals surface area contributed by atoms with Gasteiger partial charge in [-0.3, -0.25) is 14.5 Å². The predicted octanol–water partition coefficient (Wildman–Crippen LogP) is 2.76. The van der Waals surface area contributed by atoms with E-state index in [0.717, 1.165) is 22.3 Å². The maximum atomic E-state index is 14.2. The van der Waals surface area contributed by atoms with Crippen LogP contribution in [-0.4, -0.2) is 81.7 Å². The molecule has 0 heterocycles. The zero-order chi connectivity index (χ0) is 29.3. The molecule has 4 unspecified atom stereocenters. The number of nitrogens with two attached hydrogens (primary N) is 1. The number of phenols is 1. The number of primary amides is 1. The van der Waals surface area contributed by atoms with Crippen LogP contribution in [0.15, 0.2) is 53.3 Å². The first-order valence-corrected chi connectivity index (χ1v) is 13.4. The van der Waals surface area contributed by atoms with Crippen LogP contribution >= 0.6 is 0 Å². The molecular formula is C31H37N3O6. The SMILES string of the molecule is CN(C)Cc1ccccc1-c1ccc(O)c2c1CC1CC3C(C(=O)C1=C2O)C(C)(O)C(C(N)=O)=C(O)[C@H]3N(C)C. The molecule has 0 aromatic heterocycles. The van der Waals surface area contributed by atoms with E-state index in [1.165, 1.54) is 13.0 Å². The Bertz CT molecular complexity index is 1470. The van der Waals surface area contributed by atoms with Crippen molar-refractivity contribution in [3.05, 3.63) is 70.0 Å². The molecule has 0 aliphatic heterocycles. The minimum absolute atomic E-state index is 0.130. The molecule has 212 valence electrons. The molecule has 3 aliphatic rings. The van der Waals surface area contributed by atoms with Gasteiger partial charge in [0.2, 0.25) is 0 Å². The third kappa shape index (κ3) is 4.11. The van der Waals surface area contributed by atoms with E-state index in [4.69, 9.17) is 5.73 Å². The average molecular weight is 548 g/mol. The van der Waals surface area contributed by atoms with Crippen molar-refractivity contribution < 1.29 is 30.0 Å². The van der Waals surface area contributed by atoms with Crippen LogP contribution in [0.1, 0.15) is 30.0 Å². The Morgan fingerprint density at radius 2 is 1.73 bits per heavy atom. The van der Waals surface area contributed by atoms with E-state index >= 15 is 0 Å². The Labute approximate surface area is 233 Å². The molecule has 5 atom stereocenters. The van der Waals surface area contributed by atoms with E-state index in [1.807, 2.05) is 44.4 Å². The number of benzene rings is 2. The van der Waals surface area contributed by atoms with Crippen LogP contribution in [0.5, 0.6) is 5.75 Å². The van der Waals surface area contributed by atoms with Gasteiger partial charge >= 0.3 is 0 Å². The van der Waals surface area contributed by atoms with Gasteiger partial charge in [0.15, 0.2) is 5.78 Å². The lowest BCUT2D eigenvalue weighted by Gasteiger charge is -2.52. The molecule has 9 heteroatoms. The number of Topliss-reactive ketones (excluding diaryl/α,β-unsaturated/α-hetero) is 1. The minimum Gasteiger partial charge on any atom is -0.510 e. The number of nitrogens with zero attached hydrogens (tertiary/aromatic N) is 2. The molecule has 0 spiro atoms. The van der Waals surface area contributed by atoms with Crippen molar-refractivity contribution in [1.29, 1.82) is 0 Å². The number of phenolic OH excluding ortho intramolecular Hbond substituents is 1. The Morgan fingerprint density at radius 3 is 2.35 bits per heavy atom. The van der Waals surface area contributed by atoms with Crippen molar-refractivity contribution in [2.24, 2.45) is 23.5 Å². The van der Waals surface area contributed by atoms with Gasteiger partial charge < -0.3 is 31.1 Å². The van der Waals surface area contributed by atoms with Gasteiger partial charge in [-0.15, -0.1) is 0 Å². The van der Waals surface area contributed by atoms with Crippen LogP contribution in [-0.2, 0) is 22.6 Å². The summed E-state index contributed by atoms with van der Waals surface area (Å²) in [4.78, 5) is 30.3. The maximum Gasteiger partial charge on any atom is 0.251 e. The highest BCUT2D eigenvalue weighted by molar-refractivity contribution is 6.08. The van der Waals surface area contributed by atoms with Gasteiger partial charge in [0.25, 0.3) is 5.91 Å². The molecule has 40 heavy (non-hydrogen) atoms. The van der Waals surface area contributed by atoms with Gasteiger partial charge in [-0.1, -0.05) is 30.3 Å². The van der Waals surface area contributed by atoms with Gasteiger partial charge in [-0.25, -0.2) is 0 Å². The van der Waals surface area contributed by atoms with Crippen molar-refractivity contribution in [2.45, 2.75) is 38.0 Å². The molecule has 3 aliphatic carbocycles. The molecule has 6 N–H and O–H groups in total. The van der Waals surface area contributed by atoms with Crippen molar-refractivity contribution in [3.8, 4) is 16.9 Å². The van der Waals surface area contributed by atoms with Crippen molar-refractivity contribution in [1.82, 2.24) is 9.80 Å². The van der Waals surface area contributed by atoms with Gasteiger partial charge in [0, 0.05) is 12.1 Å². The third-order valence-electron chi connectivity index (χ3n) is 8.82. The molecule has 2 aromatic carbocycles. The second-order valence-electron chi connectivity index (χ2n) is 12.0. The lowest BCUT2D eigenvalue weighted by molar-refractivity contribution is -0.139. The monoisotopic (exact) mass is 547 g/mol. The van der Waals surface area contributed by atoms with Crippen LogP contribution in [0.2, 0.25) is 0 Å². The summed E-state index contributed by atoms with van der Waals surface area (Å²) >= 11 is 0. The van der Waals surface area contributed by atoms with E-state index < -0.39 is 46.7 Å². The van der Waals surface area contributed by atoms with Crippen LogP contribution in [0, 0.1) is 17.8 Å². The lowest BCUT2D eigenvalue weighted by Crippen LogP contribution is -2.61. The molecule has 0 bridgehead atoms. The number of allylic oxidation sites excluding steroid dienone is 1. The maximum absolute atomic E-state index is 14.2. The molecule has 5 rings (SSSR count). The van der Waals surface area contributed by atoms with Crippen molar-refractivity contribution in [2.75, 3.05) is 28.2 Å². The highest BCUT2D eigenvalue weighted by atomic mass is 16.3. The Balaban J connectivity index is 1.70. The zero-order valence-electron chi connectivity index (χ0n) is 23.5. The Kier molecular flexibility index (Phi) is 6.81. The van der Waals surface area contributed by atoms with E-state index in [9.17, 15) is 30.0 Å². The number of carbonyl (C=O) groups excluding carboxylic acids is 2. The number of rotatable bonds is 5. The summed E-state index contributed by atoms with van der Waals surface area (Å²) in [5.74, 6) is -4.40. The summed E-state index contributed by atoms with van der Waals surface area (Å²) in [6.45, 7) is 2.01. The smallest absolute Gasteiger partial charge is 0.251 e. The molecule has 1 saturated carbocycles. The minimum atomic E-state index is -2.04. The summed E-state index contributed by atoms with van der Waals surface area (Å²) in [5.41, 5.74) is 7.15. The van der Waals surface area contributed by atoms with E-state index in [-0.39, 0.29) is 28.4 Å². The fourth-order valence-electron chi connectivity index (χ4n) is 7.40. The quantitative estimate of drug-likeness (QED) is 0.384. The number of fused-ring (bicyclic) bond motifs is 3. The van der Waals surface area contributed by atoms with Gasteiger partial charge in [0.1, 0.15) is 22.9 Å². The Hall–Kier alpha value is -3.66. The highest BCUT2D eigenvalue weighted by Crippen LogP contribution is 2.55. The lowest BCUT2D eigenvalue weighted by atomic mass is 9.55. The molecule has 1 amide bonds. The average Bonchev–Trinajstić information content (AvgIpc) is 2.83. The third-order valence-corrected chi connectivity index (χ3v) is 8.82. The number of ketones is 1. The normalized spacial score (nSPS) is 28.1. The number of aliphatic hydroxyl groups excluding tert-OH is 2. The van der Waals surface area contributed by atoms with E-state index in [1.54, 1.807) is 19.0 Å². The van der Waals surface area contributed by atoms with Crippen LogP contribution < -0.4 is 5.73 Å². The van der Waals surface area contributed by atoms with Gasteiger partial charge in [-0.05, 0) is 88.1 Å². The summed E-state index contributed by atoms with van der Waals surface area (Å²) in [6.07, 6.45) is 0.734. The van der Waals surface area contributed by atoms with Crippen LogP contribution in [0.3, 0.4) is 0 Å². The van der Waals surface area contributed by atoms with Crippen LogP contribution in [0.4, 0.5) is 0 Å². The topological polar surface area (TPSA) is 148 Å². The zero-order valence-corrected chi connectivity index (χ0v) is 23.5. The van der Waals surface area contributed by atoms with Crippen molar-refractivity contribution >= 4 is 17.4 Å². The van der Waals surface area contributed by atoms with Crippen molar-refractivity contribution in [3.63, 3.8) is 0 Å². The summed E-state index contributed by atoms with van der Waals surface area (Å²) in [7, 11) is 7.44. The standard InChI is InChI=1S/C31H37N3O6/c1-31(40)24-20(26(34(4)5)29(38)25(31)30(32)39)13-16-12-19-18(17-9-7-6-8-15(17)14-33(2)3)10-11-21(35)23(19)27(36)22(16)28(24)37/h6-11,16,20,24,26,35-36,38,40H,12-14H2,1-5H3,(H2,32,39)/t16?,20?,24?,26-,31?/m0/s1. The molecule has 2 aromatic rings. The highest BCUT2D eigenvalue weighted by Gasteiger charge is 2.60. The molecular weight excluding hydrogens is 510 g/mol. The summed E-state index contributed by atoms with van der Waals surface area (Å²) in [5, 5.41) is 45.2. The first-order valence-electron chi connectivity index (χ1n) is 13.4. The predicted molar refractivity (Wildman–Crippen MR) is 151 cm³/mol. The number of hydrogen-bond donors (Lipinski definition) is 5. The number of aromatic hydroxyl groups is 1. The van der Waals surface area contributed by atoms with E-state index in [2.05, 4.69) is 4.90 Å².